The van der Waals surface area contributed by atoms with Gasteiger partial charge in [0.2, 0.25) is 6.29 Å². The summed E-state index contributed by atoms with van der Waals surface area (Å²) in [6.45, 7) is 6.45. The lowest BCUT2D eigenvalue weighted by molar-refractivity contribution is -0.292. The number of aliphatic hydroxyl groups is 6. The Hall–Kier alpha value is -0.810. The molecule has 224 valence electrons. The lowest BCUT2D eigenvalue weighted by atomic mass is 9.44. The molecule has 0 bridgehead atoms. The number of ether oxygens (including phenoxy) is 2. The van der Waals surface area contributed by atoms with Crippen molar-refractivity contribution in [2.45, 2.75) is 128 Å². The van der Waals surface area contributed by atoms with E-state index >= 15 is 0 Å². The molecule has 4 aliphatic carbocycles. The minimum atomic E-state index is -1.59. The maximum absolute atomic E-state index is 12.7. The molecule has 0 spiro atoms. The molecule has 5 fully saturated rings. The first-order valence-electron chi connectivity index (χ1n) is 15.3. The van der Waals surface area contributed by atoms with Gasteiger partial charge in [0.25, 0.3) is 0 Å². The fraction of sp³-hybridized carbons (Fsp3) is 0.967. The average Bonchev–Trinajstić information content (AvgIpc) is 3.26. The van der Waals surface area contributed by atoms with E-state index in [1.807, 2.05) is 0 Å². The van der Waals surface area contributed by atoms with Crippen LogP contribution >= 0.6 is 0 Å². The van der Waals surface area contributed by atoms with E-state index in [9.17, 15) is 35.4 Å². The van der Waals surface area contributed by atoms with E-state index in [1.54, 1.807) is 0 Å². The summed E-state index contributed by atoms with van der Waals surface area (Å²) in [5.74, 6) is 2.08. The van der Waals surface area contributed by atoms with Crippen molar-refractivity contribution < 1.29 is 44.9 Å². The van der Waals surface area contributed by atoms with Crippen molar-refractivity contribution in [2.24, 2.45) is 46.3 Å². The second-order valence-electron chi connectivity index (χ2n) is 14.2. The Morgan fingerprint density at radius 3 is 2.31 bits per heavy atom. The lowest BCUT2D eigenvalue weighted by Crippen LogP contribution is -2.59. The van der Waals surface area contributed by atoms with Crippen LogP contribution in [0.4, 0.5) is 0 Å². The maximum Gasteiger partial charge on any atom is 0.308 e. The zero-order chi connectivity index (χ0) is 28.3. The van der Waals surface area contributed by atoms with Crippen LogP contribution in [0.15, 0.2) is 0 Å². The molecular weight excluding hydrogens is 504 g/mol. The number of hydrogen-bond acceptors (Lipinski definition) is 9. The van der Waals surface area contributed by atoms with Gasteiger partial charge in [0.1, 0.15) is 24.4 Å². The Kier molecular flexibility index (Phi) is 8.46. The van der Waals surface area contributed by atoms with Crippen LogP contribution in [0.5, 0.6) is 0 Å². The SMILES string of the molecule is C[C@H](CCC(=O)O[C@H]1O[C@H](CO)[C@@H](O)[C@H](O)[C@H]1O)[C@H]1CC[C@H]2[C@@H]3C[C@H](O)[C@@H]4C[C@H](O)CC[C@]4(C)[C@H]3CC[C@]12C. The van der Waals surface area contributed by atoms with E-state index < -0.39 is 43.3 Å². The lowest BCUT2D eigenvalue weighted by Gasteiger charge is -2.62. The molecule has 1 heterocycles. The minimum Gasteiger partial charge on any atom is -0.433 e. The molecule has 1 aliphatic heterocycles. The van der Waals surface area contributed by atoms with Crippen molar-refractivity contribution in [1.82, 2.24) is 0 Å². The number of hydrogen-bond donors (Lipinski definition) is 6. The maximum atomic E-state index is 12.7. The summed E-state index contributed by atoms with van der Waals surface area (Å²) in [4.78, 5) is 12.7. The molecule has 5 aliphatic rings. The molecule has 0 aromatic heterocycles. The van der Waals surface area contributed by atoms with Crippen LogP contribution in [0, 0.1) is 46.3 Å². The van der Waals surface area contributed by atoms with Gasteiger partial charge in [-0.2, -0.15) is 0 Å². The second kappa shape index (κ2) is 11.1. The zero-order valence-electron chi connectivity index (χ0n) is 23.7. The van der Waals surface area contributed by atoms with Crippen molar-refractivity contribution in [3.8, 4) is 0 Å². The molecule has 1 saturated heterocycles. The Morgan fingerprint density at radius 2 is 1.59 bits per heavy atom. The predicted molar refractivity (Wildman–Crippen MR) is 141 cm³/mol. The first-order chi connectivity index (χ1) is 18.4. The van der Waals surface area contributed by atoms with Crippen molar-refractivity contribution in [1.29, 1.82) is 0 Å². The fourth-order valence-electron chi connectivity index (χ4n) is 10.2. The molecule has 0 amide bonds. The predicted octanol–water partition coefficient (Wildman–Crippen LogP) is 1.74. The molecule has 9 heteroatoms. The van der Waals surface area contributed by atoms with Crippen LogP contribution in [0.2, 0.25) is 0 Å². The van der Waals surface area contributed by atoms with Gasteiger partial charge in [-0.1, -0.05) is 20.8 Å². The fourth-order valence-corrected chi connectivity index (χ4v) is 10.2. The van der Waals surface area contributed by atoms with Gasteiger partial charge in [-0.25, -0.2) is 0 Å². The zero-order valence-corrected chi connectivity index (χ0v) is 23.7. The third-order valence-electron chi connectivity index (χ3n) is 12.3. The number of esters is 1. The van der Waals surface area contributed by atoms with Gasteiger partial charge in [-0.05, 0) is 104 Å². The van der Waals surface area contributed by atoms with Gasteiger partial charge in [0.05, 0.1) is 18.8 Å². The minimum absolute atomic E-state index is 0.0980. The molecule has 0 aromatic rings. The summed E-state index contributed by atoms with van der Waals surface area (Å²) in [6, 6.07) is 0. The Bertz CT molecular complexity index is 882. The smallest absolute Gasteiger partial charge is 0.308 e. The van der Waals surface area contributed by atoms with E-state index in [-0.39, 0.29) is 35.4 Å². The third kappa shape index (κ3) is 5.08. The van der Waals surface area contributed by atoms with Gasteiger partial charge >= 0.3 is 5.97 Å². The first kappa shape index (κ1) is 29.7. The number of fused-ring (bicyclic) bond motifs is 5. The van der Waals surface area contributed by atoms with Gasteiger partial charge in [0.15, 0.2) is 0 Å². The van der Waals surface area contributed by atoms with E-state index in [2.05, 4.69) is 20.8 Å². The summed E-state index contributed by atoms with van der Waals surface area (Å²) in [5, 5.41) is 61.0. The number of carbonyl (C=O) groups excluding carboxylic acids is 1. The van der Waals surface area contributed by atoms with Crippen molar-refractivity contribution in [2.75, 3.05) is 6.61 Å². The molecule has 5 rings (SSSR count). The Balaban J connectivity index is 1.19. The molecular formula is C30H50O9. The van der Waals surface area contributed by atoms with Crippen LogP contribution in [-0.2, 0) is 14.3 Å². The normalized spacial score (nSPS) is 52.3. The largest absolute Gasteiger partial charge is 0.433 e. The molecule has 39 heavy (non-hydrogen) atoms. The van der Waals surface area contributed by atoms with Crippen LogP contribution in [0.25, 0.3) is 0 Å². The second-order valence-corrected chi connectivity index (χ2v) is 14.2. The highest BCUT2D eigenvalue weighted by atomic mass is 16.7. The van der Waals surface area contributed by atoms with Crippen LogP contribution in [-0.4, -0.2) is 86.1 Å². The van der Waals surface area contributed by atoms with E-state index in [0.717, 1.165) is 51.4 Å². The highest BCUT2D eigenvalue weighted by Crippen LogP contribution is 2.68. The van der Waals surface area contributed by atoms with Crippen LogP contribution in [0.3, 0.4) is 0 Å². The molecule has 0 aromatic carbocycles. The highest BCUT2D eigenvalue weighted by molar-refractivity contribution is 5.69. The Morgan fingerprint density at radius 1 is 0.897 bits per heavy atom. The topological polar surface area (TPSA) is 157 Å². The van der Waals surface area contributed by atoms with Crippen molar-refractivity contribution >= 4 is 5.97 Å². The molecule has 6 N–H and O–H groups in total. The summed E-state index contributed by atoms with van der Waals surface area (Å²) >= 11 is 0. The number of aliphatic hydroxyl groups excluding tert-OH is 6. The van der Waals surface area contributed by atoms with Gasteiger partial charge in [-0.3, -0.25) is 4.79 Å². The standard InChI is InChI=1S/C30H50O9/c1-15(4-7-24(34)39-28-27(37)26(36)25(35)23(14-31)38-28)18-5-6-19-17-13-22(33)21-12-16(32)8-10-30(21,3)20(17)9-11-29(18,19)2/h15-23,25-28,31-33,35-37H,4-14H2,1-3H3/t15-,16-,17+,18-,19+,20+,21+,22+,23-,25-,26+,27-,28-,29-,30-/m1/s1. The molecule has 4 saturated carbocycles. The third-order valence-corrected chi connectivity index (χ3v) is 12.3. The van der Waals surface area contributed by atoms with Crippen molar-refractivity contribution in [3.05, 3.63) is 0 Å². The summed E-state index contributed by atoms with van der Waals surface area (Å²) in [5.41, 5.74) is 0.264. The summed E-state index contributed by atoms with van der Waals surface area (Å²) < 4.78 is 10.6. The average molecular weight is 555 g/mol. The van der Waals surface area contributed by atoms with E-state index in [1.165, 1.54) is 0 Å². The molecule has 15 atom stereocenters. The van der Waals surface area contributed by atoms with Crippen molar-refractivity contribution in [3.63, 3.8) is 0 Å². The first-order valence-corrected chi connectivity index (χ1v) is 15.3. The quantitative estimate of drug-likeness (QED) is 0.269. The van der Waals surface area contributed by atoms with Crippen LogP contribution in [0.1, 0.15) is 85.0 Å². The molecule has 0 radical (unpaired) electrons. The van der Waals surface area contributed by atoms with E-state index in [0.29, 0.717) is 36.0 Å². The Labute approximate surface area is 231 Å². The number of carbonyl (C=O) groups is 1. The van der Waals surface area contributed by atoms with Gasteiger partial charge in [-0.15, -0.1) is 0 Å². The van der Waals surface area contributed by atoms with Gasteiger partial charge < -0.3 is 40.1 Å². The van der Waals surface area contributed by atoms with Gasteiger partial charge in [0, 0.05) is 6.42 Å². The number of rotatable bonds is 6. The summed E-state index contributed by atoms with van der Waals surface area (Å²) in [7, 11) is 0. The monoisotopic (exact) mass is 554 g/mol. The van der Waals surface area contributed by atoms with Crippen LogP contribution < -0.4 is 0 Å². The highest BCUT2D eigenvalue weighted by Gasteiger charge is 2.62. The molecule has 0 unspecified atom stereocenters. The molecule has 9 nitrogen and oxygen atoms in total. The van der Waals surface area contributed by atoms with E-state index in [4.69, 9.17) is 9.47 Å². The summed E-state index contributed by atoms with van der Waals surface area (Å²) in [6.07, 6.45) is 0.937.